The molecule has 116 valence electrons. The molecule has 0 atom stereocenters. The second-order valence-corrected chi connectivity index (χ2v) is 5.85. The van der Waals surface area contributed by atoms with E-state index in [0.29, 0.717) is 12.4 Å². The minimum absolute atomic E-state index is 0.0881. The number of hydrogen-bond acceptors (Lipinski definition) is 4. The van der Waals surface area contributed by atoms with Crippen molar-refractivity contribution >= 4 is 5.91 Å². The average molecular weight is 299 g/mol. The summed E-state index contributed by atoms with van der Waals surface area (Å²) in [6.07, 6.45) is 6.35. The Bertz CT molecular complexity index is 631. The number of aromatic nitrogens is 3. The Labute approximate surface area is 129 Å². The van der Waals surface area contributed by atoms with Gasteiger partial charge in [-0.2, -0.15) is 0 Å². The van der Waals surface area contributed by atoms with Crippen molar-refractivity contribution in [1.29, 1.82) is 0 Å². The largest absolute Gasteiger partial charge is 0.347 e. The number of hydrogen-bond donors (Lipinski definition) is 2. The molecular weight excluding hydrogens is 278 g/mol. The fraction of sp³-hybridized carbons (Fsp3) is 0.438. The number of nitrogens with two attached hydrogens (primary N) is 1. The van der Waals surface area contributed by atoms with Crippen molar-refractivity contribution < 1.29 is 4.79 Å². The zero-order chi connectivity index (χ0) is 15.4. The Morgan fingerprint density at radius 1 is 1.23 bits per heavy atom. The van der Waals surface area contributed by atoms with E-state index in [0.717, 1.165) is 37.8 Å². The van der Waals surface area contributed by atoms with Crippen LogP contribution < -0.4 is 11.1 Å². The summed E-state index contributed by atoms with van der Waals surface area (Å²) in [7, 11) is 0. The summed E-state index contributed by atoms with van der Waals surface area (Å²) < 4.78 is 1.87. The molecular formula is C16H21N5O. The molecule has 0 radical (unpaired) electrons. The van der Waals surface area contributed by atoms with Crippen molar-refractivity contribution in [2.45, 2.75) is 44.2 Å². The van der Waals surface area contributed by atoms with E-state index < -0.39 is 5.54 Å². The second kappa shape index (κ2) is 6.27. The number of benzene rings is 1. The van der Waals surface area contributed by atoms with E-state index in [1.54, 1.807) is 6.33 Å². The highest BCUT2D eigenvalue weighted by molar-refractivity contribution is 5.86. The zero-order valence-corrected chi connectivity index (χ0v) is 12.5. The van der Waals surface area contributed by atoms with Crippen LogP contribution in [0.2, 0.25) is 0 Å². The Morgan fingerprint density at radius 3 is 2.68 bits per heavy atom. The predicted octanol–water partition coefficient (Wildman–Crippen LogP) is 1.55. The summed E-state index contributed by atoms with van der Waals surface area (Å²) in [6.45, 7) is 0.326. The highest BCUT2D eigenvalue weighted by atomic mass is 16.2. The van der Waals surface area contributed by atoms with Gasteiger partial charge in [-0.3, -0.25) is 9.36 Å². The first-order valence-electron chi connectivity index (χ1n) is 7.70. The minimum Gasteiger partial charge on any atom is -0.347 e. The van der Waals surface area contributed by atoms with Crippen molar-refractivity contribution in [2.75, 3.05) is 0 Å². The predicted molar refractivity (Wildman–Crippen MR) is 83.2 cm³/mol. The molecule has 1 fully saturated rings. The minimum atomic E-state index is -0.726. The van der Waals surface area contributed by atoms with Crippen molar-refractivity contribution in [3.63, 3.8) is 0 Å². The van der Waals surface area contributed by atoms with Crippen LogP contribution in [0.3, 0.4) is 0 Å². The molecule has 1 heterocycles. The van der Waals surface area contributed by atoms with Crippen molar-refractivity contribution in [1.82, 2.24) is 20.1 Å². The van der Waals surface area contributed by atoms with Crippen LogP contribution >= 0.6 is 0 Å². The number of carbonyl (C=O) groups excluding carboxylic acids is 1. The van der Waals surface area contributed by atoms with Gasteiger partial charge >= 0.3 is 0 Å². The van der Waals surface area contributed by atoms with Crippen LogP contribution in [0.25, 0.3) is 5.69 Å². The third-order valence-electron chi connectivity index (χ3n) is 4.26. The summed E-state index contributed by atoms with van der Waals surface area (Å²) in [5, 5.41) is 10.9. The molecule has 6 nitrogen and oxygen atoms in total. The molecule has 1 aromatic heterocycles. The van der Waals surface area contributed by atoms with Crippen molar-refractivity contribution in [3.8, 4) is 5.69 Å². The number of rotatable bonds is 4. The van der Waals surface area contributed by atoms with Crippen molar-refractivity contribution in [2.24, 2.45) is 5.73 Å². The zero-order valence-electron chi connectivity index (χ0n) is 12.5. The molecule has 0 aliphatic heterocycles. The van der Waals surface area contributed by atoms with E-state index in [4.69, 9.17) is 5.73 Å². The van der Waals surface area contributed by atoms with Crippen LogP contribution in [0.5, 0.6) is 0 Å². The fourth-order valence-corrected chi connectivity index (χ4v) is 2.93. The molecule has 2 aromatic rings. The molecule has 0 unspecified atom stereocenters. The molecule has 0 bridgehead atoms. The monoisotopic (exact) mass is 299 g/mol. The third-order valence-corrected chi connectivity index (χ3v) is 4.26. The Hall–Kier alpha value is -2.21. The van der Waals surface area contributed by atoms with E-state index in [1.807, 2.05) is 34.9 Å². The van der Waals surface area contributed by atoms with Gasteiger partial charge in [-0.15, -0.1) is 10.2 Å². The molecule has 6 heteroatoms. The average Bonchev–Trinajstić information content (AvgIpc) is 3.02. The lowest BCUT2D eigenvalue weighted by molar-refractivity contribution is -0.127. The molecule has 0 saturated heterocycles. The van der Waals surface area contributed by atoms with Gasteiger partial charge in [-0.05, 0) is 25.0 Å². The van der Waals surface area contributed by atoms with Crippen LogP contribution in [0, 0.1) is 0 Å². The van der Waals surface area contributed by atoms with Gasteiger partial charge in [0.05, 0.1) is 12.1 Å². The van der Waals surface area contributed by atoms with E-state index in [2.05, 4.69) is 15.5 Å². The quantitative estimate of drug-likeness (QED) is 0.897. The number of carbonyl (C=O) groups is 1. The Kier molecular flexibility index (Phi) is 4.20. The maximum atomic E-state index is 12.4. The molecule has 22 heavy (non-hydrogen) atoms. The molecule has 1 aliphatic rings. The molecule has 1 aliphatic carbocycles. The lowest BCUT2D eigenvalue weighted by Gasteiger charge is -2.31. The van der Waals surface area contributed by atoms with Crippen LogP contribution in [-0.4, -0.2) is 26.2 Å². The van der Waals surface area contributed by atoms with Gasteiger partial charge in [-0.25, -0.2) is 0 Å². The lowest BCUT2D eigenvalue weighted by Crippen LogP contribution is -2.54. The van der Waals surface area contributed by atoms with Crippen LogP contribution in [0.15, 0.2) is 36.7 Å². The highest BCUT2D eigenvalue weighted by Gasteiger charge is 2.35. The van der Waals surface area contributed by atoms with Gasteiger partial charge in [-0.1, -0.05) is 37.5 Å². The van der Waals surface area contributed by atoms with Crippen LogP contribution in [-0.2, 0) is 11.3 Å². The fourth-order valence-electron chi connectivity index (χ4n) is 2.93. The first kappa shape index (κ1) is 14.7. The van der Waals surface area contributed by atoms with E-state index >= 15 is 0 Å². The first-order chi connectivity index (χ1) is 10.7. The van der Waals surface area contributed by atoms with E-state index in [1.165, 1.54) is 0 Å². The Balaban J connectivity index is 1.67. The smallest absolute Gasteiger partial charge is 0.240 e. The summed E-state index contributed by atoms with van der Waals surface area (Å²) in [5.74, 6) is 0.605. The van der Waals surface area contributed by atoms with E-state index in [-0.39, 0.29) is 5.91 Å². The maximum Gasteiger partial charge on any atom is 0.240 e. The lowest BCUT2D eigenvalue weighted by atomic mass is 9.82. The summed E-state index contributed by atoms with van der Waals surface area (Å²) in [5.41, 5.74) is 6.48. The number of nitrogens with one attached hydrogen (secondary N) is 1. The molecule has 1 aromatic carbocycles. The number of amides is 1. The summed E-state index contributed by atoms with van der Waals surface area (Å²) in [4.78, 5) is 12.4. The molecule has 1 saturated carbocycles. The maximum absolute atomic E-state index is 12.4. The van der Waals surface area contributed by atoms with Crippen molar-refractivity contribution in [3.05, 3.63) is 42.5 Å². The summed E-state index contributed by atoms with van der Waals surface area (Å²) >= 11 is 0. The van der Waals surface area contributed by atoms with Gasteiger partial charge < -0.3 is 11.1 Å². The van der Waals surface area contributed by atoms with Gasteiger partial charge in [0.15, 0.2) is 5.82 Å². The van der Waals surface area contributed by atoms with Gasteiger partial charge in [0.1, 0.15) is 6.33 Å². The van der Waals surface area contributed by atoms with Gasteiger partial charge in [0.25, 0.3) is 0 Å². The second-order valence-electron chi connectivity index (χ2n) is 5.85. The normalized spacial score (nSPS) is 17.1. The van der Waals surface area contributed by atoms with Crippen LogP contribution in [0.4, 0.5) is 0 Å². The summed E-state index contributed by atoms with van der Waals surface area (Å²) in [6, 6.07) is 9.81. The molecule has 3 N–H and O–H groups in total. The molecule has 1 amide bonds. The molecule has 0 spiro atoms. The highest BCUT2D eigenvalue weighted by Crippen LogP contribution is 2.26. The van der Waals surface area contributed by atoms with Crippen LogP contribution in [0.1, 0.15) is 37.9 Å². The topological polar surface area (TPSA) is 85.8 Å². The first-order valence-corrected chi connectivity index (χ1v) is 7.70. The number of para-hydroxylation sites is 1. The SMILES string of the molecule is NC1(C(=O)NCc2nncn2-c2ccccc2)CCCCC1. The van der Waals surface area contributed by atoms with Gasteiger partial charge in [0, 0.05) is 5.69 Å². The standard InChI is InChI=1S/C16H21N5O/c17-16(9-5-2-6-10-16)15(22)18-11-14-20-19-12-21(14)13-7-3-1-4-8-13/h1,3-4,7-8,12H,2,5-6,9-11,17H2,(H,18,22). The third kappa shape index (κ3) is 3.01. The Morgan fingerprint density at radius 2 is 1.95 bits per heavy atom. The van der Waals surface area contributed by atoms with Gasteiger partial charge in [0.2, 0.25) is 5.91 Å². The van der Waals surface area contributed by atoms with E-state index in [9.17, 15) is 4.79 Å². The molecule has 3 rings (SSSR count). The number of nitrogens with zero attached hydrogens (tertiary/aromatic N) is 3.